The fourth-order valence-electron chi connectivity index (χ4n) is 2.11. The third-order valence-corrected chi connectivity index (χ3v) is 3.98. The Balaban J connectivity index is 1.91. The largest absolute Gasteiger partial charge is 0.467 e. The molecule has 1 amide bonds. The Morgan fingerprint density at radius 3 is 2.71 bits per heavy atom. The first-order chi connectivity index (χ1) is 9.93. The average molecular weight is 313 g/mol. The number of rotatable bonds is 5. The number of ether oxygens (including phenoxy) is 3. The zero-order valence-corrected chi connectivity index (χ0v) is 13.1. The highest BCUT2D eigenvalue weighted by Gasteiger charge is 2.49. The lowest BCUT2D eigenvalue weighted by atomic mass is 10.2. The van der Waals surface area contributed by atoms with Gasteiger partial charge < -0.3 is 19.5 Å². The molecule has 1 aliphatic heterocycles. The Kier molecular flexibility index (Phi) is 4.97. The summed E-state index contributed by atoms with van der Waals surface area (Å²) in [7, 11) is 1.25. The van der Waals surface area contributed by atoms with E-state index in [4.69, 9.17) is 9.47 Å². The molecule has 6 nitrogen and oxygen atoms in total. The van der Waals surface area contributed by atoms with Gasteiger partial charge in [0, 0.05) is 11.4 Å². The minimum Gasteiger partial charge on any atom is -0.467 e. The molecule has 0 unspecified atom stereocenters. The van der Waals surface area contributed by atoms with Crippen molar-refractivity contribution in [2.24, 2.45) is 0 Å². The number of nitrogens with one attached hydrogen (secondary N) is 1. The van der Waals surface area contributed by atoms with E-state index in [1.807, 2.05) is 17.5 Å². The van der Waals surface area contributed by atoms with Crippen molar-refractivity contribution in [2.45, 2.75) is 38.3 Å². The molecular weight excluding hydrogens is 294 g/mol. The first kappa shape index (κ1) is 15.9. The van der Waals surface area contributed by atoms with E-state index in [0.29, 0.717) is 6.54 Å². The Bertz CT molecular complexity index is 499. The molecule has 2 atom stereocenters. The SMILES string of the molecule is COC(=O)[C@@H]1OC(C)(C)O[C@H]1C(=O)NCCc1cccs1. The Hall–Kier alpha value is -1.44. The molecule has 2 rings (SSSR count). The van der Waals surface area contributed by atoms with Crippen LogP contribution < -0.4 is 5.32 Å². The molecule has 0 spiro atoms. The standard InChI is InChI=1S/C14H19NO5S/c1-14(2)19-10(11(20-14)13(17)18-3)12(16)15-7-6-9-5-4-8-21-9/h4-5,8,10-11H,6-7H2,1-3H3,(H,15,16)/t10-,11-/m1/s1. The Morgan fingerprint density at radius 2 is 2.10 bits per heavy atom. The topological polar surface area (TPSA) is 73.9 Å². The molecule has 116 valence electrons. The van der Waals surface area contributed by atoms with Crippen molar-refractivity contribution < 1.29 is 23.8 Å². The van der Waals surface area contributed by atoms with Crippen molar-refractivity contribution >= 4 is 23.2 Å². The van der Waals surface area contributed by atoms with E-state index in [1.54, 1.807) is 25.2 Å². The van der Waals surface area contributed by atoms with Crippen LogP contribution in [-0.2, 0) is 30.2 Å². The summed E-state index contributed by atoms with van der Waals surface area (Å²) in [6.45, 7) is 3.79. The summed E-state index contributed by atoms with van der Waals surface area (Å²) in [6.07, 6.45) is -1.29. The lowest BCUT2D eigenvalue weighted by Gasteiger charge is -2.16. The predicted octanol–water partition coefficient (Wildman–Crippen LogP) is 1.10. The summed E-state index contributed by atoms with van der Waals surface area (Å²) >= 11 is 1.63. The summed E-state index contributed by atoms with van der Waals surface area (Å²) in [5.74, 6) is -1.97. The third kappa shape index (κ3) is 4.03. The second-order valence-corrected chi connectivity index (χ2v) is 6.15. The van der Waals surface area contributed by atoms with Gasteiger partial charge in [0.05, 0.1) is 7.11 Å². The lowest BCUT2D eigenvalue weighted by Crippen LogP contribution is -2.44. The molecule has 7 heteroatoms. The van der Waals surface area contributed by atoms with Gasteiger partial charge in [-0.3, -0.25) is 4.79 Å². The average Bonchev–Trinajstić information content (AvgIpc) is 3.05. The molecule has 0 radical (unpaired) electrons. The maximum absolute atomic E-state index is 12.2. The van der Waals surface area contributed by atoms with Crippen LogP contribution in [0.1, 0.15) is 18.7 Å². The highest BCUT2D eigenvalue weighted by atomic mass is 32.1. The van der Waals surface area contributed by atoms with Gasteiger partial charge in [0.25, 0.3) is 5.91 Å². The van der Waals surface area contributed by atoms with E-state index in [-0.39, 0.29) is 5.91 Å². The fourth-order valence-corrected chi connectivity index (χ4v) is 2.82. The van der Waals surface area contributed by atoms with Gasteiger partial charge in [0.1, 0.15) is 0 Å². The maximum atomic E-state index is 12.2. The van der Waals surface area contributed by atoms with Crippen molar-refractivity contribution in [3.63, 3.8) is 0 Å². The molecule has 1 aromatic rings. The molecular formula is C14H19NO5S. The van der Waals surface area contributed by atoms with Gasteiger partial charge in [-0.25, -0.2) is 4.79 Å². The monoisotopic (exact) mass is 313 g/mol. The predicted molar refractivity (Wildman–Crippen MR) is 76.9 cm³/mol. The van der Waals surface area contributed by atoms with Crippen molar-refractivity contribution in [3.8, 4) is 0 Å². The fraction of sp³-hybridized carbons (Fsp3) is 0.571. The summed E-state index contributed by atoms with van der Waals surface area (Å²) < 4.78 is 15.6. The van der Waals surface area contributed by atoms with Crippen molar-refractivity contribution in [3.05, 3.63) is 22.4 Å². The first-order valence-electron chi connectivity index (χ1n) is 6.66. The Labute approximate surface area is 127 Å². The van der Waals surface area contributed by atoms with Crippen LogP contribution in [0.25, 0.3) is 0 Å². The molecule has 1 saturated heterocycles. The minimum atomic E-state index is -1.04. The molecule has 0 saturated carbocycles. The van der Waals surface area contributed by atoms with Crippen LogP contribution in [0, 0.1) is 0 Å². The van der Waals surface area contributed by atoms with Gasteiger partial charge in [-0.15, -0.1) is 11.3 Å². The summed E-state index contributed by atoms with van der Waals surface area (Å²) in [5, 5.41) is 4.75. The number of carbonyl (C=O) groups excluding carboxylic acids is 2. The number of hydrogen-bond donors (Lipinski definition) is 1. The van der Waals surface area contributed by atoms with E-state index in [2.05, 4.69) is 10.1 Å². The molecule has 0 aliphatic carbocycles. The van der Waals surface area contributed by atoms with Crippen LogP contribution in [0.5, 0.6) is 0 Å². The van der Waals surface area contributed by atoms with E-state index in [9.17, 15) is 9.59 Å². The summed E-state index contributed by atoms with van der Waals surface area (Å²) in [6, 6.07) is 3.97. The number of methoxy groups -OCH3 is 1. The number of esters is 1. The molecule has 1 fully saturated rings. The van der Waals surface area contributed by atoms with E-state index >= 15 is 0 Å². The van der Waals surface area contributed by atoms with Crippen LogP contribution in [0.4, 0.5) is 0 Å². The summed E-state index contributed by atoms with van der Waals surface area (Å²) in [4.78, 5) is 25.0. The van der Waals surface area contributed by atoms with Crippen LogP contribution in [-0.4, -0.2) is 43.5 Å². The van der Waals surface area contributed by atoms with Crippen molar-refractivity contribution in [1.29, 1.82) is 0 Å². The lowest BCUT2D eigenvalue weighted by molar-refractivity contribution is -0.168. The molecule has 0 bridgehead atoms. The number of thiophene rings is 1. The second-order valence-electron chi connectivity index (χ2n) is 5.12. The van der Waals surface area contributed by atoms with Gasteiger partial charge in [0.15, 0.2) is 18.0 Å². The summed E-state index contributed by atoms with van der Waals surface area (Å²) in [5.41, 5.74) is 0. The maximum Gasteiger partial charge on any atom is 0.338 e. The van der Waals surface area contributed by atoms with Gasteiger partial charge in [0.2, 0.25) is 0 Å². The highest BCUT2D eigenvalue weighted by molar-refractivity contribution is 7.09. The minimum absolute atomic E-state index is 0.368. The van der Waals surface area contributed by atoms with Gasteiger partial charge in [-0.1, -0.05) is 6.07 Å². The van der Waals surface area contributed by atoms with Crippen LogP contribution in [0.3, 0.4) is 0 Å². The Morgan fingerprint density at radius 1 is 1.38 bits per heavy atom. The third-order valence-electron chi connectivity index (χ3n) is 3.04. The van der Waals surface area contributed by atoms with Crippen LogP contribution in [0.15, 0.2) is 17.5 Å². The van der Waals surface area contributed by atoms with Crippen molar-refractivity contribution in [1.82, 2.24) is 5.32 Å². The van der Waals surface area contributed by atoms with Crippen LogP contribution in [0.2, 0.25) is 0 Å². The zero-order chi connectivity index (χ0) is 15.5. The number of amides is 1. The normalized spacial score (nSPS) is 23.8. The van der Waals surface area contributed by atoms with Crippen molar-refractivity contribution in [2.75, 3.05) is 13.7 Å². The van der Waals surface area contributed by atoms with Gasteiger partial charge >= 0.3 is 5.97 Å². The smallest absolute Gasteiger partial charge is 0.338 e. The van der Waals surface area contributed by atoms with E-state index < -0.39 is 24.0 Å². The van der Waals surface area contributed by atoms with Gasteiger partial charge in [-0.2, -0.15) is 0 Å². The van der Waals surface area contributed by atoms with E-state index in [0.717, 1.165) is 6.42 Å². The van der Waals surface area contributed by atoms with Crippen LogP contribution >= 0.6 is 11.3 Å². The first-order valence-corrected chi connectivity index (χ1v) is 7.54. The number of hydrogen-bond acceptors (Lipinski definition) is 6. The quantitative estimate of drug-likeness (QED) is 0.824. The number of carbonyl (C=O) groups is 2. The highest BCUT2D eigenvalue weighted by Crippen LogP contribution is 2.29. The van der Waals surface area contributed by atoms with Gasteiger partial charge in [-0.05, 0) is 31.7 Å². The molecule has 0 aromatic carbocycles. The molecule has 1 N–H and O–H groups in total. The molecule has 21 heavy (non-hydrogen) atoms. The van der Waals surface area contributed by atoms with E-state index in [1.165, 1.54) is 12.0 Å². The molecule has 1 aliphatic rings. The second kappa shape index (κ2) is 6.55. The molecule has 2 heterocycles. The zero-order valence-electron chi connectivity index (χ0n) is 12.3. The molecule has 1 aromatic heterocycles.